The molecule has 1 N–H and O–H groups in total. The fourth-order valence-electron chi connectivity index (χ4n) is 8.49. The summed E-state index contributed by atoms with van der Waals surface area (Å²) < 4.78 is 12.6. The third-order valence-electron chi connectivity index (χ3n) is 10.7. The number of carbonyl (C=O) groups is 3. The highest BCUT2D eigenvalue weighted by Crippen LogP contribution is 2.64. The number of carbonyl (C=O) groups excluding carboxylic acids is 3. The highest BCUT2D eigenvalue weighted by atomic mass is 16.5. The van der Waals surface area contributed by atoms with Gasteiger partial charge in [0.2, 0.25) is 11.8 Å². The summed E-state index contributed by atoms with van der Waals surface area (Å²) in [4.78, 5) is 50.1. The van der Waals surface area contributed by atoms with E-state index in [0.717, 1.165) is 11.1 Å². The van der Waals surface area contributed by atoms with Crippen LogP contribution in [0.1, 0.15) is 49.4 Å². The van der Waals surface area contributed by atoms with Crippen molar-refractivity contribution in [2.24, 2.45) is 11.8 Å². The molecular formula is C41H47N3O6. The maximum Gasteiger partial charge on any atom is 0.253 e. The molecule has 262 valence electrons. The van der Waals surface area contributed by atoms with Gasteiger partial charge in [-0.2, -0.15) is 0 Å². The normalized spacial score (nSPS) is 25.6. The van der Waals surface area contributed by atoms with Crippen LogP contribution in [0.5, 0.6) is 5.75 Å². The van der Waals surface area contributed by atoms with Gasteiger partial charge < -0.3 is 29.3 Å². The van der Waals surface area contributed by atoms with Gasteiger partial charge in [-0.05, 0) is 87.6 Å². The van der Waals surface area contributed by atoms with Crippen LogP contribution >= 0.6 is 0 Å². The van der Waals surface area contributed by atoms with Crippen LogP contribution in [0.3, 0.4) is 0 Å². The van der Waals surface area contributed by atoms with Gasteiger partial charge in [-0.3, -0.25) is 14.4 Å². The first-order valence-corrected chi connectivity index (χ1v) is 17.4. The standard InChI is InChI=1S/C41H47N3O6/c1-7-23-42(30-17-19-31(20-18-30)49-9-3)37(46)34-35-38(47)44(33(26-45)29-13-11-10-12-14-29)36(41(35)22-21-40(34,6)50-41)39(48)43(24-8-2)32-25-27(4)15-16-28(32)5/h7-8,10-20,25,33-36,45H,1-2,9,21-24,26H2,3-6H3/t33-,34+,35+,36?,40-,41?/m1/s1. The highest BCUT2D eigenvalue weighted by molar-refractivity contribution is 6.07. The number of rotatable bonds is 13. The Hall–Kier alpha value is -4.73. The van der Waals surface area contributed by atoms with E-state index in [0.29, 0.717) is 42.1 Å². The lowest BCUT2D eigenvalue weighted by atomic mass is 9.66. The van der Waals surface area contributed by atoms with Crippen molar-refractivity contribution in [1.82, 2.24) is 4.90 Å². The summed E-state index contributed by atoms with van der Waals surface area (Å²) in [5.74, 6) is -2.15. The number of hydrogen-bond donors (Lipinski definition) is 1. The second kappa shape index (κ2) is 13.9. The summed E-state index contributed by atoms with van der Waals surface area (Å²) in [5.41, 5.74) is 1.60. The Bertz CT molecular complexity index is 1780. The molecule has 3 aromatic carbocycles. The van der Waals surface area contributed by atoms with Crippen molar-refractivity contribution in [3.05, 3.63) is 115 Å². The lowest BCUT2D eigenvalue weighted by Crippen LogP contribution is -2.57. The van der Waals surface area contributed by atoms with Crippen molar-refractivity contribution in [3.8, 4) is 5.75 Å². The maximum absolute atomic E-state index is 15.3. The molecule has 9 heteroatoms. The van der Waals surface area contributed by atoms with Gasteiger partial charge in [0.1, 0.15) is 17.4 Å². The third-order valence-corrected chi connectivity index (χ3v) is 10.7. The Kier molecular flexibility index (Phi) is 9.75. The van der Waals surface area contributed by atoms with Crippen LogP contribution < -0.4 is 14.5 Å². The van der Waals surface area contributed by atoms with E-state index >= 15 is 9.59 Å². The van der Waals surface area contributed by atoms with Gasteiger partial charge in [-0.25, -0.2) is 0 Å². The monoisotopic (exact) mass is 677 g/mol. The zero-order chi connectivity index (χ0) is 35.8. The van der Waals surface area contributed by atoms with Crippen LogP contribution in [0.25, 0.3) is 0 Å². The summed E-state index contributed by atoms with van der Waals surface area (Å²) in [6.07, 6.45) is 4.21. The SMILES string of the molecule is C=CCN(C(=O)[C@@H]1[C@H]2C(=O)N([C@H](CO)c3ccccc3)C(C(=O)N(CC=C)c3cc(C)ccc3C)C23CC[C@@]1(C)O3)c1ccc(OCC)cc1. The summed E-state index contributed by atoms with van der Waals surface area (Å²) in [5, 5.41) is 10.9. The molecule has 2 unspecified atom stereocenters. The first-order chi connectivity index (χ1) is 24.0. The Labute approximate surface area is 294 Å². The number of fused-ring (bicyclic) bond motifs is 1. The van der Waals surface area contributed by atoms with Crippen LogP contribution in [0.15, 0.2) is 98.1 Å². The van der Waals surface area contributed by atoms with E-state index in [-0.39, 0.29) is 30.8 Å². The molecule has 2 bridgehead atoms. The number of anilines is 2. The van der Waals surface area contributed by atoms with Gasteiger partial charge >= 0.3 is 0 Å². The Morgan fingerprint density at radius 1 is 1.00 bits per heavy atom. The molecule has 9 nitrogen and oxygen atoms in total. The van der Waals surface area contributed by atoms with Crippen molar-refractivity contribution < 1.29 is 29.0 Å². The predicted octanol–water partition coefficient (Wildman–Crippen LogP) is 5.94. The molecule has 6 rings (SSSR count). The number of likely N-dealkylation sites (tertiary alicyclic amines) is 1. The molecule has 0 aliphatic carbocycles. The van der Waals surface area contributed by atoms with Crippen molar-refractivity contribution in [2.75, 3.05) is 36.1 Å². The highest BCUT2D eigenvalue weighted by Gasteiger charge is 2.79. The molecule has 3 amide bonds. The van der Waals surface area contributed by atoms with Gasteiger partial charge in [0.15, 0.2) is 0 Å². The van der Waals surface area contributed by atoms with E-state index < -0.39 is 41.7 Å². The average molecular weight is 678 g/mol. The molecule has 50 heavy (non-hydrogen) atoms. The molecule has 6 atom stereocenters. The largest absolute Gasteiger partial charge is 0.494 e. The Balaban J connectivity index is 1.49. The molecule has 1 spiro atoms. The third kappa shape index (κ3) is 5.72. The number of nitrogens with zero attached hydrogens (tertiary/aromatic N) is 3. The van der Waals surface area contributed by atoms with Crippen LogP contribution in [-0.4, -0.2) is 71.3 Å². The predicted molar refractivity (Wildman–Crippen MR) is 194 cm³/mol. The van der Waals surface area contributed by atoms with Crippen LogP contribution in [0, 0.1) is 25.7 Å². The lowest BCUT2D eigenvalue weighted by Gasteiger charge is -2.40. The van der Waals surface area contributed by atoms with Gasteiger partial charge in [-0.1, -0.05) is 54.6 Å². The zero-order valence-corrected chi connectivity index (χ0v) is 29.4. The topological polar surface area (TPSA) is 99.6 Å². The smallest absolute Gasteiger partial charge is 0.253 e. The summed E-state index contributed by atoms with van der Waals surface area (Å²) >= 11 is 0. The van der Waals surface area contributed by atoms with Crippen molar-refractivity contribution >= 4 is 29.1 Å². The van der Waals surface area contributed by atoms with Crippen LogP contribution in [0.4, 0.5) is 11.4 Å². The second-order valence-corrected chi connectivity index (χ2v) is 13.8. The Morgan fingerprint density at radius 2 is 1.68 bits per heavy atom. The first kappa shape index (κ1) is 35.1. The van der Waals surface area contributed by atoms with Gasteiger partial charge in [0, 0.05) is 24.5 Å². The average Bonchev–Trinajstić information content (AvgIpc) is 3.69. The molecular weight excluding hydrogens is 630 g/mol. The molecule has 3 heterocycles. The minimum absolute atomic E-state index is 0.196. The van der Waals surface area contributed by atoms with E-state index in [1.165, 1.54) is 4.90 Å². The summed E-state index contributed by atoms with van der Waals surface area (Å²) in [7, 11) is 0. The van der Waals surface area contributed by atoms with Crippen molar-refractivity contribution in [3.63, 3.8) is 0 Å². The van der Waals surface area contributed by atoms with Crippen molar-refractivity contribution in [2.45, 2.75) is 63.8 Å². The molecule has 3 fully saturated rings. The van der Waals surface area contributed by atoms with E-state index in [1.54, 1.807) is 22.0 Å². The number of aliphatic hydroxyl groups excluding tert-OH is 1. The number of amides is 3. The van der Waals surface area contributed by atoms with E-state index in [9.17, 15) is 9.90 Å². The van der Waals surface area contributed by atoms with Gasteiger partial charge in [0.05, 0.1) is 36.7 Å². The lowest BCUT2D eigenvalue weighted by molar-refractivity contribution is -0.148. The molecule has 3 aromatic rings. The van der Waals surface area contributed by atoms with Gasteiger partial charge in [0.25, 0.3) is 5.91 Å². The molecule has 0 aromatic heterocycles. The van der Waals surface area contributed by atoms with Crippen LogP contribution in [-0.2, 0) is 19.1 Å². The summed E-state index contributed by atoms with van der Waals surface area (Å²) in [6, 6.07) is 20.5. The number of ether oxygens (including phenoxy) is 2. The molecule has 3 aliphatic rings. The Morgan fingerprint density at radius 3 is 2.32 bits per heavy atom. The molecule has 0 radical (unpaired) electrons. The number of hydrogen-bond acceptors (Lipinski definition) is 6. The van der Waals surface area contributed by atoms with E-state index in [4.69, 9.17) is 9.47 Å². The number of aryl methyl sites for hydroxylation is 2. The maximum atomic E-state index is 15.3. The second-order valence-electron chi connectivity index (χ2n) is 13.8. The van der Waals surface area contributed by atoms with E-state index in [1.807, 2.05) is 100 Å². The van der Waals surface area contributed by atoms with Gasteiger partial charge in [-0.15, -0.1) is 13.2 Å². The quantitative estimate of drug-likeness (QED) is 0.225. The first-order valence-electron chi connectivity index (χ1n) is 17.4. The van der Waals surface area contributed by atoms with Crippen LogP contribution in [0.2, 0.25) is 0 Å². The number of benzene rings is 3. The van der Waals surface area contributed by atoms with Crippen molar-refractivity contribution in [1.29, 1.82) is 0 Å². The fraction of sp³-hybridized carbons (Fsp3) is 0.390. The molecule has 3 aliphatic heterocycles. The number of aliphatic hydroxyl groups is 1. The zero-order valence-electron chi connectivity index (χ0n) is 29.4. The minimum atomic E-state index is -1.30. The molecule has 3 saturated heterocycles. The minimum Gasteiger partial charge on any atom is -0.494 e. The summed E-state index contributed by atoms with van der Waals surface area (Å²) in [6.45, 7) is 16.1. The van der Waals surface area contributed by atoms with E-state index in [2.05, 4.69) is 13.2 Å². The molecule has 0 saturated carbocycles. The fourth-order valence-corrected chi connectivity index (χ4v) is 8.49.